The summed E-state index contributed by atoms with van der Waals surface area (Å²) in [6.45, 7) is 1.14. The Balaban J connectivity index is 1.32. The van der Waals surface area contributed by atoms with Crippen LogP contribution in [0.5, 0.6) is 5.75 Å². The molecule has 31 heavy (non-hydrogen) atoms. The van der Waals surface area contributed by atoms with Gasteiger partial charge in [-0.25, -0.2) is 0 Å². The van der Waals surface area contributed by atoms with Crippen LogP contribution in [-0.2, 0) is 24.3 Å². The predicted molar refractivity (Wildman–Crippen MR) is 118 cm³/mol. The summed E-state index contributed by atoms with van der Waals surface area (Å²) >= 11 is 0. The first kappa shape index (κ1) is 20.3. The summed E-state index contributed by atoms with van der Waals surface area (Å²) in [7, 11) is 1.63. The van der Waals surface area contributed by atoms with Gasteiger partial charge in [0.05, 0.1) is 7.11 Å². The van der Waals surface area contributed by atoms with Crippen LogP contribution in [0.25, 0.3) is 5.65 Å². The second-order valence-corrected chi connectivity index (χ2v) is 7.07. The van der Waals surface area contributed by atoms with Crippen LogP contribution in [-0.4, -0.2) is 32.8 Å². The number of ether oxygens (including phenoxy) is 1. The van der Waals surface area contributed by atoms with Crippen molar-refractivity contribution in [3.8, 4) is 5.75 Å². The Bertz CT molecular complexity index is 1140. The monoisotopic (exact) mass is 416 g/mol. The Morgan fingerprint density at radius 3 is 2.48 bits per heavy atom. The Kier molecular flexibility index (Phi) is 6.37. The molecule has 1 amide bonds. The topological polar surface area (TPSA) is 93.4 Å². The van der Waals surface area contributed by atoms with Gasteiger partial charge in [-0.1, -0.05) is 42.5 Å². The Morgan fingerprint density at radius 2 is 1.71 bits per heavy atom. The number of nitrogens with zero attached hydrogens (tertiary/aromatic N) is 4. The van der Waals surface area contributed by atoms with Crippen molar-refractivity contribution in [2.24, 2.45) is 0 Å². The van der Waals surface area contributed by atoms with Crippen molar-refractivity contribution in [2.75, 3.05) is 12.4 Å². The van der Waals surface area contributed by atoms with E-state index in [0.717, 1.165) is 17.1 Å². The van der Waals surface area contributed by atoms with Crippen molar-refractivity contribution in [2.45, 2.75) is 25.9 Å². The van der Waals surface area contributed by atoms with Crippen LogP contribution in [0, 0.1) is 0 Å². The lowest BCUT2D eigenvalue weighted by Crippen LogP contribution is -2.23. The van der Waals surface area contributed by atoms with Crippen molar-refractivity contribution in [3.05, 3.63) is 83.7 Å². The van der Waals surface area contributed by atoms with Crippen LogP contribution in [0.3, 0.4) is 0 Å². The summed E-state index contributed by atoms with van der Waals surface area (Å²) in [6, 6.07) is 21.5. The molecule has 0 bridgehead atoms. The van der Waals surface area contributed by atoms with Gasteiger partial charge in [-0.2, -0.15) is 4.52 Å². The second kappa shape index (κ2) is 9.71. The second-order valence-electron chi connectivity index (χ2n) is 7.07. The van der Waals surface area contributed by atoms with E-state index in [2.05, 4.69) is 38.1 Å². The molecule has 0 radical (unpaired) electrons. The molecule has 0 spiro atoms. The molecule has 4 aromatic rings. The zero-order valence-corrected chi connectivity index (χ0v) is 17.3. The SMILES string of the molecule is COc1ccc(CNC(=O)CCc2nnc3ccc(NCc4ccccc4)nn23)cc1. The number of hydrogen-bond donors (Lipinski definition) is 2. The smallest absolute Gasteiger partial charge is 0.220 e. The van der Waals surface area contributed by atoms with Gasteiger partial charge in [-0.05, 0) is 35.4 Å². The molecule has 8 heteroatoms. The number of hydrogen-bond acceptors (Lipinski definition) is 6. The van der Waals surface area contributed by atoms with E-state index in [1.54, 1.807) is 11.6 Å². The lowest BCUT2D eigenvalue weighted by molar-refractivity contribution is -0.121. The van der Waals surface area contributed by atoms with E-state index in [1.165, 1.54) is 5.56 Å². The molecule has 0 atom stereocenters. The molecule has 0 aliphatic heterocycles. The van der Waals surface area contributed by atoms with E-state index < -0.39 is 0 Å². The molecular weight excluding hydrogens is 392 g/mol. The number of carbonyl (C=O) groups is 1. The zero-order valence-electron chi connectivity index (χ0n) is 17.3. The summed E-state index contributed by atoms with van der Waals surface area (Å²) in [5.41, 5.74) is 2.83. The van der Waals surface area contributed by atoms with Gasteiger partial charge in [-0.15, -0.1) is 15.3 Å². The first-order chi connectivity index (χ1) is 15.2. The first-order valence-corrected chi connectivity index (χ1v) is 10.1. The molecule has 2 heterocycles. The highest BCUT2D eigenvalue weighted by molar-refractivity contribution is 5.76. The molecule has 0 saturated carbocycles. The van der Waals surface area contributed by atoms with Gasteiger partial charge < -0.3 is 15.4 Å². The molecular formula is C23H24N6O2. The normalized spacial score (nSPS) is 10.7. The van der Waals surface area contributed by atoms with Gasteiger partial charge in [0.2, 0.25) is 5.91 Å². The van der Waals surface area contributed by atoms with E-state index in [0.29, 0.717) is 37.4 Å². The van der Waals surface area contributed by atoms with E-state index in [4.69, 9.17) is 4.74 Å². The number of rotatable bonds is 9. The standard InChI is InChI=1S/C23H24N6O2/c1-31-19-9-7-18(8-10-19)16-25-23(30)14-13-22-27-26-21-12-11-20(28-29(21)22)24-15-17-5-3-2-4-6-17/h2-12H,13-16H2,1H3,(H,24,28)(H,25,30). The summed E-state index contributed by atoms with van der Waals surface area (Å²) in [4.78, 5) is 12.3. The van der Waals surface area contributed by atoms with Crippen molar-refractivity contribution in [1.29, 1.82) is 0 Å². The number of nitrogens with one attached hydrogen (secondary N) is 2. The summed E-state index contributed by atoms with van der Waals surface area (Å²) in [6.07, 6.45) is 0.755. The lowest BCUT2D eigenvalue weighted by Gasteiger charge is -2.07. The minimum Gasteiger partial charge on any atom is -0.497 e. The van der Waals surface area contributed by atoms with Gasteiger partial charge in [-0.3, -0.25) is 4.79 Å². The van der Waals surface area contributed by atoms with Crippen LogP contribution in [0.4, 0.5) is 5.82 Å². The highest BCUT2D eigenvalue weighted by atomic mass is 16.5. The van der Waals surface area contributed by atoms with Gasteiger partial charge in [0.25, 0.3) is 0 Å². The van der Waals surface area contributed by atoms with E-state index in [-0.39, 0.29) is 5.91 Å². The van der Waals surface area contributed by atoms with Crippen molar-refractivity contribution in [3.63, 3.8) is 0 Å². The van der Waals surface area contributed by atoms with Gasteiger partial charge in [0, 0.05) is 25.9 Å². The van der Waals surface area contributed by atoms with Gasteiger partial charge in [0.15, 0.2) is 11.5 Å². The maximum atomic E-state index is 12.3. The molecule has 158 valence electrons. The minimum atomic E-state index is -0.0501. The highest BCUT2D eigenvalue weighted by Crippen LogP contribution is 2.12. The number of aryl methyl sites for hydroxylation is 1. The van der Waals surface area contributed by atoms with Gasteiger partial charge >= 0.3 is 0 Å². The fraction of sp³-hybridized carbons (Fsp3) is 0.217. The number of methoxy groups -OCH3 is 1. The Labute approximate surface area is 180 Å². The van der Waals surface area contributed by atoms with Crippen LogP contribution in [0.15, 0.2) is 66.7 Å². The molecule has 4 rings (SSSR count). The average Bonchev–Trinajstić information content (AvgIpc) is 3.23. The number of amides is 1. The number of carbonyl (C=O) groups excluding carboxylic acids is 1. The van der Waals surface area contributed by atoms with E-state index >= 15 is 0 Å². The third-order valence-electron chi connectivity index (χ3n) is 4.87. The number of aromatic nitrogens is 4. The maximum Gasteiger partial charge on any atom is 0.220 e. The maximum absolute atomic E-state index is 12.3. The summed E-state index contributed by atoms with van der Waals surface area (Å²) in [5, 5.41) is 19.1. The Hall–Kier alpha value is -3.94. The molecule has 2 aromatic carbocycles. The van der Waals surface area contributed by atoms with E-state index in [9.17, 15) is 4.79 Å². The predicted octanol–water partition coefficient (Wildman–Crippen LogP) is 2.99. The molecule has 0 fully saturated rings. The molecule has 8 nitrogen and oxygen atoms in total. The summed E-state index contributed by atoms with van der Waals surface area (Å²) < 4.78 is 6.83. The van der Waals surface area contributed by atoms with Gasteiger partial charge in [0.1, 0.15) is 11.6 Å². The fourth-order valence-electron chi connectivity index (χ4n) is 3.13. The largest absolute Gasteiger partial charge is 0.497 e. The third kappa shape index (κ3) is 5.36. The van der Waals surface area contributed by atoms with Crippen LogP contribution in [0.1, 0.15) is 23.4 Å². The fourth-order valence-corrected chi connectivity index (χ4v) is 3.13. The van der Waals surface area contributed by atoms with E-state index in [1.807, 2.05) is 54.6 Å². The van der Waals surface area contributed by atoms with Crippen LogP contribution < -0.4 is 15.4 Å². The number of anilines is 1. The summed E-state index contributed by atoms with van der Waals surface area (Å²) in [5.74, 6) is 2.11. The first-order valence-electron chi connectivity index (χ1n) is 10.1. The minimum absolute atomic E-state index is 0.0501. The highest BCUT2D eigenvalue weighted by Gasteiger charge is 2.10. The van der Waals surface area contributed by atoms with Crippen molar-refractivity contribution >= 4 is 17.4 Å². The molecule has 2 aromatic heterocycles. The number of benzene rings is 2. The molecule has 0 aliphatic carbocycles. The lowest BCUT2D eigenvalue weighted by atomic mass is 10.2. The number of fused-ring (bicyclic) bond motifs is 1. The quantitative estimate of drug-likeness (QED) is 0.436. The molecule has 2 N–H and O–H groups in total. The molecule has 0 aliphatic rings. The van der Waals surface area contributed by atoms with Crippen LogP contribution in [0.2, 0.25) is 0 Å². The molecule has 0 saturated heterocycles. The third-order valence-corrected chi connectivity index (χ3v) is 4.87. The van der Waals surface area contributed by atoms with Crippen molar-refractivity contribution < 1.29 is 9.53 Å². The van der Waals surface area contributed by atoms with Crippen LogP contribution >= 0.6 is 0 Å². The molecule has 0 unspecified atom stereocenters. The zero-order chi connectivity index (χ0) is 21.5. The average molecular weight is 416 g/mol. The Morgan fingerprint density at radius 1 is 0.935 bits per heavy atom. The van der Waals surface area contributed by atoms with Crippen molar-refractivity contribution in [1.82, 2.24) is 25.1 Å².